The van der Waals surface area contributed by atoms with Crippen LogP contribution in [0.4, 0.5) is 19.0 Å². The van der Waals surface area contributed by atoms with E-state index in [9.17, 15) is 18.3 Å². The standard InChI is InChI=1S/C13H16ClF3N2O/c1-8-5-19(6-12(8,2)7-20)11-10(13(15,16)17)3-9(14)4-18-11/h3-4,8,20H,5-7H2,1-2H3. The number of nitrogens with zero attached hydrogens (tertiary/aromatic N) is 2. The highest BCUT2D eigenvalue weighted by Gasteiger charge is 2.43. The molecule has 112 valence electrons. The Morgan fingerprint density at radius 3 is 2.70 bits per heavy atom. The first kappa shape index (κ1) is 15.4. The molecule has 1 aliphatic heterocycles. The molecular formula is C13H16ClF3N2O. The quantitative estimate of drug-likeness (QED) is 0.911. The van der Waals surface area contributed by atoms with Gasteiger partial charge in [-0.3, -0.25) is 0 Å². The lowest BCUT2D eigenvalue weighted by Crippen LogP contribution is -2.31. The molecule has 0 spiro atoms. The topological polar surface area (TPSA) is 36.4 Å². The van der Waals surface area contributed by atoms with Gasteiger partial charge in [0.15, 0.2) is 0 Å². The molecule has 2 unspecified atom stereocenters. The van der Waals surface area contributed by atoms with Crippen LogP contribution < -0.4 is 4.90 Å². The number of alkyl halides is 3. The van der Waals surface area contributed by atoms with Crippen molar-refractivity contribution < 1.29 is 18.3 Å². The first-order valence-corrected chi connectivity index (χ1v) is 6.64. The summed E-state index contributed by atoms with van der Waals surface area (Å²) in [5, 5.41) is 9.40. The number of hydrogen-bond donors (Lipinski definition) is 1. The third kappa shape index (κ3) is 2.72. The van der Waals surface area contributed by atoms with Gasteiger partial charge in [0.2, 0.25) is 0 Å². The summed E-state index contributed by atoms with van der Waals surface area (Å²) in [5.41, 5.74) is -1.26. The van der Waals surface area contributed by atoms with Crippen molar-refractivity contribution in [3.63, 3.8) is 0 Å². The fourth-order valence-corrected chi connectivity index (χ4v) is 2.63. The number of anilines is 1. The largest absolute Gasteiger partial charge is 0.420 e. The van der Waals surface area contributed by atoms with E-state index in [0.717, 1.165) is 6.07 Å². The number of pyridine rings is 1. The van der Waals surface area contributed by atoms with Crippen LogP contribution in [0, 0.1) is 11.3 Å². The molecule has 1 aliphatic rings. The fraction of sp³-hybridized carbons (Fsp3) is 0.615. The maximum atomic E-state index is 13.1. The number of rotatable bonds is 2. The highest BCUT2D eigenvalue weighted by molar-refractivity contribution is 6.30. The molecule has 0 aromatic carbocycles. The Morgan fingerprint density at radius 1 is 1.55 bits per heavy atom. The lowest BCUT2D eigenvalue weighted by Gasteiger charge is -2.26. The van der Waals surface area contributed by atoms with Crippen molar-refractivity contribution in [2.75, 3.05) is 24.6 Å². The Kier molecular flexibility index (Phi) is 3.90. The zero-order valence-electron chi connectivity index (χ0n) is 11.2. The molecule has 0 saturated carbocycles. The molecular weight excluding hydrogens is 293 g/mol. The molecule has 1 aromatic rings. The van der Waals surface area contributed by atoms with Crippen LogP contribution in [0.1, 0.15) is 19.4 Å². The van der Waals surface area contributed by atoms with Crippen LogP contribution >= 0.6 is 11.6 Å². The molecule has 0 amide bonds. The summed E-state index contributed by atoms with van der Waals surface area (Å²) in [6, 6.07) is 0.892. The van der Waals surface area contributed by atoms with Crippen LogP contribution in [0.5, 0.6) is 0 Å². The summed E-state index contributed by atoms with van der Waals surface area (Å²) >= 11 is 5.62. The lowest BCUT2D eigenvalue weighted by atomic mass is 9.82. The van der Waals surface area contributed by atoms with Gasteiger partial charge < -0.3 is 10.0 Å². The van der Waals surface area contributed by atoms with Gasteiger partial charge in [-0.25, -0.2) is 4.98 Å². The molecule has 1 fully saturated rings. The number of aliphatic hydroxyl groups is 1. The third-order valence-electron chi connectivity index (χ3n) is 4.04. The van der Waals surface area contributed by atoms with E-state index in [2.05, 4.69) is 4.98 Å². The summed E-state index contributed by atoms with van der Waals surface area (Å²) in [6.45, 7) is 4.47. The second-order valence-electron chi connectivity index (χ2n) is 5.62. The van der Waals surface area contributed by atoms with Gasteiger partial charge in [0.05, 0.1) is 17.2 Å². The molecule has 1 saturated heterocycles. The summed E-state index contributed by atoms with van der Waals surface area (Å²) in [5.74, 6) is -0.0445. The van der Waals surface area contributed by atoms with Gasteiger partial charge in [-0.05, 0) is 12.0 Å². The van der Waals surface area contributed by atoms with E-state index in [1.54, 1.807) is 4.90 Å². The normalized spacial score (nSPS) is 27.1. The van der Waals surface area contributed by atoms with E-state index < -0.39 is 17.2 Å². The maximum absolute atomic E-state index is 13.1. The van der Waals surface area contributed by atoms with Crippen molar-refractivity contribution in [3.8, 4) is 0 Å². The number of hydrogen-bond acceptors (Lipinski definition) is 3. The Balaban J connectivity index is 2.40. The van der Waals surface area contributed by atoms with Crippen LogP contribution in [0.25, 0.3) is 0 Å². The van der Waals surface area contributed by atoms with E-state index >= 15 is 0 Å². The Bertz CT molecular complexity index is 509. The molecule has 2 atom stereocenters. The molecule has 0 aliphatic carbocycles. The van der Waals surface area contributed by atoms with Crippen molar-refractivity contribution in [3.05, 3.63) is 22.8 Å². The zero-order valence-corrected chi connectivity index (χ0v) is 12.0. The molecule has 20 heavy (non-hydrogen) atoms. The SMILES string of the molecule is CC1CN(c2ncc(Cl)cc2C(F)(F)F)CC1(C)CO. The number of aliphatic hydroxyl groups excluding tert-OH is 1. The van der Waals surface area contributed by atoms with Crippen molar-refractivity contribution in [2.45, 2.75) is 20.0 Å². The van der Waals surface area contributed by atoms with Gasteiger partial charge in [0, 0.05) is 24.7 Å². The summed E-state index contributed by atoms with van der Waals surface area (Å²) in [6.07, 6.45) is -3.29. The average molecular weight is 309 g/mol. The summed E-state index contributed by atoms with van der Waals surface area (Å²) < 4.78 is 39.2. The van der Waals surface area contributed by atoms with Crippen molar-refractivity contribution in [1.29, 1.82) is 0 Å². The van der Waals surface area contributed by atoms with Gasteiger partial charge in [-0.2, -0.15) is 13.2 Å². The van der Waals surface area contributed by atoms with Gasteiger partial charge >= 0.3 is 6.18 Å². The first-order valence-electron chi connectivity index (χ1n) is 6.26. The maximum Gasteiger partial charge on any atom is 0.420 e. The fourth-order valence-electron chi connectivity index (χ4n) is 2.47. The smallest absolute Gasteiger partial charge is 0.396 e. The van der Waals surface area contributed by atoms with Gasteiger partial charge in [-0.1, -0.05) is 25.4 Å². The van der Waals surface area contributed by atoms with E-state index in [0.29, 0.717) is 13.1 Å². The third-order valence-corrected chi connectivity index (χ3v) is 4.24. The lowest BCUT2D eigenvalue weighted by molar-refractivity contribution is -0.137. The summed E-state index contributed by atoms with van der Waals surface area (Å²) in [4.78, 5) is 5.42. The van der Waals surface area contributed by atoms with Crippen molar-refractivity contribution >= 4 is 17.4 Å². The molecule has 1 N–H and O–H groups in total. The first-order chi connectivity index (χ1) is 9.17. The van der Waals surface area contributed by atoms with Crippen LogP contribution in [0.3, 0.4) is 0 Å². The minimum atomic E-state index is -4.51. The zero-order chi connectivity index (χ0) is 15.1. The molecule has 0 radical (unpaired) electrons. The Labute approximate surface area is 120 Å². The van der Waals surface area contributed by atoms with E-state index in [1.165, 1.54) is 6.20 Å². The van der Waals surface area contributed by atoms with Crippen LogP contribution in [0.15, 0.2) is 12.3 Å². The van der Waals surface area contributed by atoms with Crippen LogP contribution in [-0.4, -0.2) is 29.8 Å². The monoisotopic (exact) mass is 308 g/mol. The minimum absolute atomic E-state index is 0.0433. The Hall–Kier alpha value is -1.01. The van der Waals surface area contributed by atoms with Crippen molar-refractivity contribution in [2.24, 2.45) is 11.3 Å². The highest BCUT2D eigenvalue weighted by Crippen LogP contribution is 2.42. The molecule has 1 aromatic heterocycles. The molecule has 7 heteroatoms. The van der Waals surface area contributed by atoms with E-state index in [4.69, 9.17) is 11.6 Å². The molecule has 3 nitrogen and oxygen atoms in total. The minimum Gasteiger partial charge on any atom is -0.396 e. The van der Waals surface area contributed by atoms with Crippen molar-refractivity contribution in [1.82, 2.24) is 4.98 Å². The Morgan fingerprint density at radius 2 is 2.20 bits per heavy atom. The average Bonchev–Trinajstić information content (AvgIpc) is 2.65. The second kappa shape index (κ2) is 5.07. The predicted octanol–water partition coefficient (Wildman–Crippen LogP) is 3.21. The molecule has 2 rings (SSSR count). The summed E-state index contributed by atoms with van der Waals surface area (Å²) in [7, 11) is 0. The van der Waals surface area contributed by atoms with Gasteiger partial charge in [-0.15, -0.1) is 0 Å². The number of halogens is 4. The van der Waals surface area contributed by atoms with Crippen LogP contribution in [-0.2, 0) is 6.18 Å². The highest BCUT2D eigenvalue weighted by atomic mass is 35.5. The van der Waals surface area contributed by atoms with Gasteiger partial charge in [0.1, 0.15) is 5.82 Å². The second-order valence-corrected chi connectivity index (χ2v) is 6.05. The van der Waals surface area contributed by atoms with Crippen LogP contribution in [0.2, 0.25) is 5.02 Å². The van der Waals surface area contributed by atoms with Gasteiger partial charge in [0.25, 0.3) is 0 Å². The number of aromatic nitrogens is 1. The molecule has 0 bridgehead atoms. The van der Waals surface area contributed by atoms with E-state index in [1.807, 2.05) is 13.8 Å². The van der Waals surface area contributed by atoms with E-state index in [-0.39, 0.29) is 23.4 Å². The predicted molar refractivity (Wildman–Crippen MR) is 70.8 cm³/mol. The molecule has 2 heterocycles.